The molecule has 6 nitrogen and oxygen atoms in total. The lowest BCUT2D eigenvalue weighted by atomic mass is 9.94. The zero-order chi connectivity index (χ0) is 22.3. The van der Waals surface area contributed by atoms with Crippen molar-refractivity contribution >= 4 is 29.1 Å². The Morgan fingerprint density at radius 3 is 2.41 bits per heavy atom. The molecule has 0 aliphatic carbocycles. The summed E-state index contributed by atoms with van der Waals surface area (Å²) in [5.41, 5.74) is -0.0311. The third-order valence-corrected chi connectivity index (χ3v) is 6.04. The lowest BCUT2D eigenvalue weighted by Gasteiger charge is -2.49. The second kappa shape index (κ2) is 7.60. The molecule has 3 aromatic carbocycles. The molecular weight excluding hydrogens is 409 g/mol. The van der Waals surface area contributed by atoms with Crippen LogP contribution in [0.4, 0.5) is 15.8 Å². The lowest BCUT2D eigenvalue weighted by Crippen LogP contribution is -2.69. The van der Waals surface area contributed by atoms with E-state index in [0.717, 1.165) is 5.56 Å². The van der Waals surface area contributed by atoms with Crippen LogP contribution in [-0.4, -0.2) is 28.3 Å². The Morgan fingerprint density at radius 2 is 1.62 bits per heavy atom. The van der Waals surface area contributed by atoms with Crippen molar-refractivity contribution in [2.75, 3.05) is 10.2 Å². The van der Waals surface area contributed by atoms with Gasteiger partial charge in [-0.15, -0.1) is 0 Å². The van der Waals surface area contributed by atoms with Crippen molar-refractivity contribution in [3.63, 3.8) is 0 Å². The van der Waals surface area contributed by atoms with Gasteiger partial charge in [-0.25, -0.2) is 4.39 Å². The Balaban J connectivity index is 1.66. The van der Waals surface area contributed by atoms with E-state index in [-0.39, 0.29) is 36.9 Å². The summed E-state index contributed by atoms with van der Waals surface area (Å²) in [7, 11) is 0. The molecule has 3 aromatic rings. The molecule has 32 heavy (non-hydrogen) atoms. The Kier molecular flexibility index (Phi) is 4.74. The van der Waals surface area contributed by atoms with Crippen LogP contribution in [0.25, 0.3) is 0 Å². The summed E-state index contributed by atoms with van der Waals surface area (Å²) in [5.74, 6) is -1.82. The number of hydrogen-bond acceptors (Lipinski definition) is 3. The normalized spacial score (nSPS) is 19.5. The first kappa shape index (κ1) is 19.9. The lowest BCUT2D eigenvalue weighted by molar-refractivity contribution is -0.129. The third kappa shape index (κ3) is 2.97. The number of nitrogens with zero attached hydrogens (tertiary/aromatic N) is 2. The topological polar surface area (TPSA) is 69.7 Å². The van der Waals surface area contributed by atoms with Gasteiger partial charge in [-0.05, 0) is 29.8 Å². The first-order chi connectivity index (χ1) is 15.5. The van der Waals surface area contributed by atoms with Gasteiger partial charge in [0.15, 0.2) is 0 Å². The van der Waals surface area contributed by atoms with Crippen molar-refractivity contribution in [1.29, 1.82) is 0 Å². The summed E-state index contributed by atoms with van der Waals surface area (Å²) in [5, 5.41) is 2.63. The minimum Gasteiger partial charge on any atom is -0.320 e. The molecule has 3 amide bonds. The summed E-state index contributed by atoms with van der Waals surface area (Å²) >= 11 is 0. The minimum atomic E-state index is -1.60. The fourth-order valence-corrected chi connectivity index (χ4v) is 4.55. The van der Waals surface area contributed by atoms with E-state index in [4.69, 9.17) is 0 Å². The number of carbonyl (C=O) groups excluding carboxylic acids is 3. The summed E-state index contributed by atoms with van der Waals surface area (Å²) in [6.45, 7) is 0.127. The predicted octanol–water partition coefficient (Wildman–Crippen LogP) is 3.94. The van der Waals surface area contributed by atoms with Crippen molar-refractivity contribution in [3.8, 4) is 0 Å². The number of amides is 3. The summed E-state index contributed by atoms with van der Waals surface area (Å²) in [6.07, 6.45) is 0.205. The standard InChI is InChI=1S/C25H20FN3O3/c26-19-11-5-6-12-20(19)27-24(32)25-15-14-22(30)29(25)21-13-7-4-10-18(21)23(31)28(25)16-17-8-2-1-3-9-17/h1-13H,14-16H2,(H,27,32)/t25-/m1/s1. The number of rotatable bonds is 4. The van der Waals surface area contributed by atoms with Crippen LogP contribution in [0.5, 0.6) is 0 Å². The molecule has 0 unspecified atom stereocenters. The van der Waals surface area contributed by atoms with E-state index in [9.17, 15) is 18.8 Å². The van der Waals surface area contributed by atoms with Gasteiger partial charge in [-0.1, -0.05) is 54.6 Å². The Hall–Kier alpha value is -4.00. The van der Waals surface area contributed by atoms with Crippen LogP contribution in [0, 0.1) is 5.82 Å². The molecule has 1 saturated heterocycles. The van der Waals surface area contributed by atoms with Gasteiger partial charge in [0.1, 0.15) is 5.82 Å². The second-order valence-corrected chi connectivity index (χ2v) is 7.87. The SMILES string of the molecule is O=C1c2ccccc2N2C(=O)CC[C@@]2(C(=O)Nc2ccccc2F)N1Cc1ccccc1. The molecule has 1 fully saturated rings. The van der Waals surface area contributed by atoms with Gasteiger partial charge in [-0.2, -0.15) is 0 Å². The number of halogens is 1. The van der Waals surface area contributed by atoms with Crippen LogP contribution < -0.4 is 10.2 Å². The fraction of sp³-hybridized carbons (Fsp3) is 0.160. The predicted molar refractivity (Wildman–Crippen MR) is 117 cm³/mol. The van der Waals surface area contributed by atoms with E-state index in [1.807, 2.05) is 30.3 Å². The van der Waals surface area contributed by atoms with E-state index < -0.39 is 17.4 Å². The van der Waals surface area contributed by atoms with E-state index in [2.05, 4.69) is 5.32 Å². The second-order valence-electron chi connectivity index (χ2n) is 7.87. The molecule has 1 atom stereocenters. The number of hydrogen-bond donors (Lipinski definition) is 1. The van der Waals surface area contributed by atoms with Crippen molar-refractivity contribution in [3.05, 3.63) is 95.8 Å². The van der Waals surface area contributed by atoms with Gasteiger partial charge >= 0.3 is 0 Å². The van der Waals surface area contributed by atoms with Gasteiger partial charge in [0, 0.05) is 19.4 Å². The number of para-hydroxylation sites is 2. The number of fused-ring (bicyclic) bond motifs is 3. The molecule has 0 spiro atoms. The van der Waals surface area contributed by atoms with Crippen molar-refractivity contribution in [1.82, 2.24) is 4.90 Å². The molecule has 2 aliphatic heterocycles. The maximum absolute atomic E-state index is 14.3. The number of carbonyl (C=O) groups is 3. The molecule has 2 heterocycles. The molecule has 0 saturated carbocycles. The van der Waals surface area contributed by atoms with Gasteiger partial charge in [0.25, 0.3) is 11.8 Å². The maximum atomic E-state index is 14.3. The molecule has 0 bridgehead atoms. The first-order valence-electron chi connectivity index (χ1n) is 10.4. The van der Waals surface area contributed by atoms with Crippen LogP contribution in [-0.2, 0) is 16.1 Å². The molecule has 160 valence electrons. The van der Waals surface area contributed by atoms with E-state index in [0.29, 0.717) is 11.3 Å². The van der Waals surface area contributed by atoms with Crippen LogP contribution >= 0.6 is 0 Å². The number of anilines is 2. The van der Waals surface area contributed by atoms with Crippen molar-refractivity contribution in [2.24, 2.45) is 0 Å². The highest BCUT2D eigenvalue weighted by Gasteiger charge is 2.60. The fourth-order valence-electron chi connectivity index (χ4n) is 4.55. The van der Waals surface area contributed by atoms with Crippen LogP contribution in [0.15, 0.2) is 78.9 Å². The Morgan fingerprint density at radius 1 is 0.938 bits per heavy atom. The molecule has 7 heteroatoms. The van der Waals surface area contributed by atoms with Crippen molar-refractivity contribution in [2.45, 2.75) is 25.0 Å². The molecule has 0 aromatic heterocycles. The number of nitrogens with one attached hydrogen (secondary N) is 1. The van der Waals surface area contributed by atoms with Gasteiger partial charge in [-0.3, -0.25) is 19.3 Å². The van der Waals surface area contributed by atoms with E-state index in [1.54, 1.807) is 30.3 Å². The highest BCUT2D eigenvalue weighted by molar-refractivity contribution is 6.18. The zero-order valence-electron chi connectivity index (χ0n) is 17.1. The zero-order valence-corrected chi connectivity index (χ0v) is 17.1. The van der Waals surface area contributed by atoms with E-state index in [1.165, 1.54) is 28.0 Å². The third-order valence-electron chi connectivity index (χ3n) is 6.04. The highest BCUT2D eigenvalue weighted by Crippen LogP contribution is 2.45. The molecule has 0 radical (unpaired) electrons. The van der Waals surface area contributed by atoms with Gasteiger partial charge in [0.2, 0.25) is 11.6 Å². The largest absolute Gasteiger partial charge is 0.320 e. The maximum Gasteiger partial charge on any atom is 0.271 e. The molecule has 2 aliphatic rings. The van der Waals surface area contributed by atoms with Crippen LogP contribution in [0.1, 0.15) is 28.8 Å². The molecule has 5 rings (SSSR count). The summed E-state index contributed by atoms with van der Waals surface area (Å²) < 4.78 is 14.3. The monoisotopic (exact) mass is 429 g/mol. The van der Waals surface area contributed by atoms with Gasteiger partial charge < -0.3 is 10.2 Å². The Bertz CT molecular complexity index is 1230. The van der Waals surface area contributed by atoms with E-state index >= 15 is 0 Å². The number of benzene rings is 3. The van der Waals surface area contributed by atoms with Crippen LogP contribution in [0.2, 0.25) is 0 Å². The minimum absolute atomic E-state index is 0.00265. The smallest absolute Gasteiger partial charge is 0.271 e. The average Bonchev–Trinajstić information content (AvgIpc) is 3.17. The molecule has 1 N–H and O–H groups in total. The summed E-state index contributed by atoms with van der Waals surface area (Å²) in [6, 6.07) is 21.9. The van der Waals surface area contributed by atoms with Crippen molar-refractivity contribution < 1.29 is 18.8 Å². The average molecular weight is 429 g/mol. The first-order valence-corrected chi connectivity index (χ1v) is 10.4. The Labute approximate surface area is 184 Å². The summed E-state index contributed by atoms with van der Waals surface area (Å²) in [4.78, 5) is 43.3. The van der Waals surface area contributed by atoms with Crippen LogP contribution in [0.3, 0.4) is 0 Å². The molecular formula is C25H20FN3O3. The van der Waals surface area contributed by atoms with Gasteiger partial charge in [0.05, 0.1) is 16.9 Å². The quantitative estimate of drug-likeness (QED) is 0.683. The highest BCUT2D eigenvalue weighted by atomic mass is 19.1.